The first-order chi connectivity index (χ1) is 13.1. The lowest BCUT2D eigenvalue weighted by molar-refractivity contribution is -0.115. The number of hydrogen-bond acceptors (Lipinski definition) is 5. The van der Waals surface area contributed by atoms with E-state index in [-0.39, 0.29) is 5.91 Å². The summed E-state index contributed by atoms with van der Waals surface area (Å²) in [6.07, 6.45) is 0.410. The standard InChI is InChI=1S/C21H28N4O2/c1-24(2)18-9-7-17(8-10-18)22-12-11-21(26)23-19-5-3-4-6-20(19)25-13-15-27-16-14-25/h3-10,22H,11-16H2,1-2H3,(H,23,26). The van der Waals surface area contributed by atoms with Gasteiger partial charge in [0.1, 0.15) is 0 Å². The van der Waals surface area contributed by atoms with Gasteiger partial charge in [0.15, 0.2) is 0 Å². The molecule has 2 aromatic rings. The fourth-order valence-electron chi connectivity index (χ4n) is 3.07. The molecule has 1 saturated heterocycles. The second kappa shape index (κ2) is 9.28. The normalized spacial score (nSPS) is 13.9. The van der Waals surface area contributed by atoms with Gasteiger partial charge >= 0.3 is 0 Å². The lowest BCUT2D eigenvalue weighted by Crippen LogP contribution is -2.36. The molecule has 0 atom stereocenters. The van der Waals surface area contributed by atoms with Crippen LogP contribution < -0.4 is 20.4 Å². The third-order valence-electron chi connectivity index (χ3n) is 4.59. The number of carbonyl (C=O) groups excluding carboxylic acids is 1. The number of anilines is 4. The van der Waals surface area contributed by atoms with Crippen LogP contribution in [0.1, 0.15) is 6.42 Å². The minimum atomic E-state index is 0.00752. The summed E-state index contributed by atoms with van der Waals surface area (Å²) in [6, 6.07) is 16.1. The monoisotopic (exact) mass is 368 g/mol. The summed E-state index contributed by atoms with van der Waals surface area (Å²) in [6.45, 7) is 3.72. The molecule has 0 bridgehead atoms. The number of rotatable bonds is 7. The maximum absolute atomic E-state index is 12.4. The number of carbonyl (C=O) groups is 1. The van der Waals surface area contributed by atoms with Crippen LogP contribution in [0.25, 0.3) is 0 Å². The summed E-state index contributed by atoms with van der Waals surface area (Å²) < 4.78 is 5.42. The van der Waals surface area contributed by atoms with E-state index in [9.17, 15) is 4.79 Å². The number of para-hydroxylation sites is 2. The summed E-state index contributed by atoms with van der Waals surface area (Å²) in [5.41, 5.74) is 4.08. The lowest BCUT2D eigenvalue weighted by atomic mass is 10.2. The van der Waals surface area contributed by atoms with Crippen LogP contribution in [-0.4, -0.2) is 52.9 Å². The summed E-state index contributed by atoms with van der Waals surface area (Å²) >= 11 is 0. The highest BCUT2D eigenvalue weighted by atomic mass is 16.5. The van der Waals surface area contributed by atoms with E-state index in [2.05, 4.69) is 32.6 Å². The molecule has 0 aliphatic carbocycles. The molecular weight excluding hydrogens is 340 g/mol. The molecule has 27 heavy (non-hydrogen) atoms. The zero-order valence-electron chi connectivity index (χ0n) is 16.1. The van der Waals surface area contributed by atoms with Crippen LogP contribution in [0.3, 0.4) is 0 Å². The highest BCUT2D eigenvalue weighted by molar-refractivity contribution is 5.94. The van der Waals surface area contributed by atoms with Crippen molar-refractivity contribution >= 4 is 28.7 Å². The van der Waals surface area contributed by atoms with Crippen molar-refractivity contribution in [1.82, 2.24) is 0 Å². The van der Waals surface area contributed by atoms with Crippen LogP contribution in [0.5, 0.6) is 0 Å². The molecule has 1 aliphatic heterocycles. The molecular formula is C21H28N4O2. The Kier molecular flexibility index (Phi) is 6.54. The van der Waals surface area contributed by atoms with Gasteiger partial charge in [-0.15, -0.1) is 0 Å². The molecule has 1 amide bonds. The Balaban J connectivity index is 1.51. The van der Waals surface area contributed by atoms with E-state index in [4.69, 9.17) is 4.74 Å². The molecule has 6 nitrogen and oxygen atoms in total. The van der Waals surface area contributed by atoms with Crippen LogP contribution in [0.4, 0.5) is 22.7 Å². The van der Waals surface area contributed by atoms with E-state index >= 15 is 0 Å². The van der Waals surface area contributed by atoms with Gasteiger partial charge in [0, 0.05) is 51.5 Å². The van der Waals surface area contributed by atoms with Crippen molar-refractivity contribution in [3.63, 3.8) is 0 Å². The fraction of sp³-hybridized carbons (Fsp3) is 0.381. The molecule has 1 heterocycles. The van der Waals surface area contributed by atoms with Crippen molar-refractivity contribution in [2.75, 3.05) is 67.4 Å². The Labute approximate surface area is 161 Å². The van der Waals surface area contributed by atoms with Gasteiger partial charge in [-0.25, -0.2) is 0 Å². The molecule has 0 radical (unpaired) electrons. The molecule has 0 saturated carbocycles. The minimum absolute atomic E-state index is 0.00752. The highest BCUT2D eigenvalue weighted by Gasteiger charge is 2.15. The van der Waals surface area contributed by atoms with Gasteiger partial charge in [-0.05, 0) is 36.4 Å². The average Bonchev–Trinajstić information content (AvgIpc) is 2.69. The first kappa shape index (κ1) is 19.0. The third-order valence-corrected chi connectivity index (χ3v) is 4.59. The van der Waals surface area contributed by atoms with E-state index in [0.717, 1.165) is 49.1 Å². The maximum atomic E-state index is 12.4. The van der Waals surface area contributed by atoms with E-state index in [0.29, 0.717) is 13.0 Å². The zero-order chi connectivity index (χ0) is 19.1. The molecule has 1 aliphatic rings. The number of ether oxygens (including phenoxy) is 1. The number of amides is 1. The van der Waals surface area contributed by atoms with E-state index < -0.39 is 0 Å². The number of nitrogens with one attached hydrogen (secondary N) is 2. The SMILES string of the molecule is CN(C)c1ccc(NCCC(=O)Nc2ccccc2N2CCOCC2)cc1. The first-order valence-electron chi connectivity index (χ1n) is 9.36. The van der Waals surface area contributed by atoms with Crippen LogP contribution in [-0.2, 0) is 9.53 Å². The van der Waals surface area contributed by atoms with E-state index in [1.54, 1.807) is 0 Å². The minimum Gasteiger partial charge on any atom is -0.385 e. The maximum Gasteiger partial charge on any atom is 0.226 e. The van der Waals surface area contributed by atoms with Crippen molar-refractivity contribution in [1.29, 1.82) is 0 Å². The smallest absolute Gasteiger partial charge is 0.226 e. The topological polar surface area (TPSA) is 56.8 Å². The van der Waals surface area contributed by atoms with Gasteiger partial charge < -0.3 is 25.2 Å². The van der Waals surface area contributed by atoms with Gasteiger partial charge in [-0.2, -0.15) is 0 Å². The van der Waals surface area contributed by atoms with Gasteiger partial charge in [-0.1, -0.05) is 12.1 Å². The quantitative estimate of drug-likeness (QED) is 0.787. The second-order valence-corrected chi connectivity index (χ2v) is 6.78. The summed E-state index contributed by atoms with van der Waals surface area (Å²) in [5.74, 6) is 0.00752. The van der Waals surface area contributed by atoms with Gasteiger partial charge in [-0.3, -0.25) is 4.79 Å². The number of benzene rings is 2. The van der Waals surface area contributed by atoms with Crippen molar-refractivity contribution in [2.45, 2.75) is 6.42 Å². The number of nitrogens with zero attached hydrogens (tertiary/aromatic N) is 2. The highest BCUT2D eigenvalue weighted by Crippen LogP contribution is 2.26. The number of hydrogen-bond donors (Lipinski definition) is 2. The van der Waals surface area contributed by atoms with Crippen molar-refractivity contribution in [3.05, 3.63) is 48.5 Å². The predicted octanol–water partition coefficient (Wildman–Crippen LogP) is 3.03. The molecule has 6 heteroatoms. The largest absolute Gasteiger partial charge is 0.385 e. The second-order valence-electron chi connectivity index (χ2n) is 6.78. The molecule has 0 aromatic heterocycles. The molecule has 144 valence electrons. The number of morpholine rings is 1. The van der Waals surface area contributed by atoms with Crippen LogP contribution in [0.15, 0.2) is 48.5 Å². The summed E-state index contributed by atoms with van der Waals surface area (Å²) in [7, 11) is 4.03. The molecule has 1 fully saturated rings. The first-order valence-corrected chi connectivity index (χ1v) is 9.36. The summed E-state index contributed by atoms with van der Waals surface area (Å²) in [4.78, 5) is 16.7. The van der Waals surface area contributed by atoms with Gasteiger partial charge in [0.25, 0.3) is 0 Å². The zero-order valence-corrected chi connectivity index (χ0v) is 16.1. The van der Waals surface area contributed by atoms with E-state index in [1.807, 2.05) is 50.5 Å². The molecule has 3 rings (SSSR count). The Morgan fingerprint density at radius 2 is 1.78 bits per heavy atom. The Morgan fingerprint density at radius 1 is 1.07 bits per heavy atom. The fourth-order valence-corrected chi connectivity index (χ4v) is 3.07. The molecule has 2 N–H and O–H groups in total. The van der Waals surface area contributed by atoms with Crippen molar-refractivity contribution < 1.29 is 9.53 Å². The van der Waals surface area contributed by atoms with Crippen molar-refractivity contribution in [2.24, 2.45) is 0 Å². The Hall–Kier alpha value is -2.73. The molecule has 0 spiro atoms. The molecule has 0 unspecified atom stereocenters. The average molecular weight is 368 g/mol. The lowest BCUT2D eigenvalue weighted by Gasteiger charge is -2.30. The van der Waals surface area contributed by atoms with Gasteiger partial charge in [0.2, 0.25) is 5.91 Å². The van der Waals surface area contributed by atoms with Crippen LogP contribution in [0, 0.1) is 0 Å². The van der Waals surface area contributed by atoms with Crippen molar-refractivity contribution in [3.8, 4) is 0 Å². The predicted molar refractivity (Wildman–Crippen MR) is 112 cm³/mol. The Bertz CT molecular complexity index is 740. The van der Waals surface area contributed by atoms with Crippen LogP contribution in [0.2, 0.25) is 0 Å². The van der Waals surface area contributed by atoms with Crippen LogP contribution >= 0.6 is 0 Å². The Morgan fingerprint density at radius 3 is 2.48 bits per heavy atom. The van der Waals surface area contributed by atoms with Gasteiger partial charge in [0.05, 0.1) is 24.6 Å². The van der Waals surface area contributed by atoms with E-state index in [1.165, 1.54) is 0 Å². The third kappa shape index (κ3) is 5.37. The molecule has 2 aromatic carbocycles. The summed E-state index contributed by atoms with van der Waals surface area (Å²) in [5, 5.41) is 6.35.